The van der Waals surface area contributed by atoms with Crippen molar-refractivity contribution in [2.45, 2.75) is 46.2 Å². The molecule has 1 saturated heterocycles. The molecule has 2 heterocycles. The summed E-state index contributed by atoms with van der Waals surface area (Å²) >= 11 is 0. The summed E-state index contributed by atoms with van der Waals surface area (Å²) < 4.78 is 11.3. The fourth-order valence-corrected chi connectivity index (χ4v) is 3.73. The van der Waals surface area contributed by atoms with Gasteiger partial charge in [0, 0.05) is 30.6 Å². The van der Waals surface area contributed by atoms with Gasteiger partial charge in [0.1, 0.15) is 5.69 Å². The molecule has 1 saturated carbocycles. The van der Waals surface area contributed by atoms with Crippen molar-refractivity contribution in [3.63, 3.8) is 0 Å². The predicted molar refractivity (Wildman–Crippen MR) is 108 cm³/mol. The first kappa shape index (κ1) is 19.0. The molecule has 2 fully saturated rings. The third-order valence-electron chi connectivity index (χ3n) is 5.52. The number of benzene rings is 1. The van der Waals surface area contributed by atoms with Crippen molar-refractivity contribution in [3.8, 4) is 11.3 Å². The first-order chi connectivity index (χ1) is 13.5. The summed E-state index contributed by atoms with van der Waals surface area (Å²) in [7, 11) is 0. The first-order valence-corrected chi connectivity index (χ1v) is 10.2. The topological polar surface area (TPSA) is 58.8 Å². The van der Waals surface area contributed by atoms with Gasteiger partial charge >= 0.3 is 0 Å². The van der Waals surface area contributed by atoms with E-state index >= 15 is 0 Å². The first-order valence-electron chi connectivity index (χ1n) is 10.2. The molecule has 6 heteroatoms. The van der Waals surface area contributed by atoms with Gasteiger partial charge in [0.25, 0.3) is 0 Å². The van der Waals surface area contributed by atoms with Crippen LogP contribution < -0.4 is 4.90 Å². The van der Waals surface area contributed by atoms with Crippen LogP contribution in [0.15, 0.2) is 28.8 Å². The summed E-state index contributed by atoms with van der Waals surface area (Å²) in [6.07, 6.45) is 2.01. The fourth-order valence-electron chi connectivity index (χ4n) is 3.73. The van der Waals surface area contributed by atoms with E-state index in [0.717, 1.165) is 48.6 Å². The second-order valence-corrected chi connectivity index (χ2v) is 8.12. The lowest BCUT2D eigenvalue weighted by atomic mass is 10.0. The molecule has 1 aliphatic carbocycles. The highest BCUT2D eigenvalue weighted by Crippen LogP contribution is 2.36. The number of aromatic nitrogens is 1. The molecule has 0 unspecified atom stereocenters. The number of carbonyl (C=O) groups is 1. The Labute approximate surface area is 166 Å². The minimum atomic E-state index is 0.130. The fraction of sp³-hybridized carbons (Fsp3) is 0.545. The molecule has 0 atom stereocenters. The molecule has 28 heavy (non-hydrogen) atoms. The molecule has 0 radical (unpaired) electrons. The van der Waals surface area contributed by atoms with Gasteiger partial charge in [0.05, 0.1) is 25.3 Å². The predicted octanol–water partition coefficient (Wildman–Crippen LogP) is 3.63. The average molecular weight is 383 g/mol. The Balaban J connectivity index is 1.72. The van der Waals surface area contributed by atoms with E-state index in [0.29, 0.717) is 19.8 Å². The zero-order chi connectivity index (χ0) is 19.7. The molecule has 0 N–H and O–H groups in total. The highest BCUT2D eigenvalue weighted by molar-refractivity contribution is 5.82. The lowest BCUT2D eigenvalue weighted by molar-refractivity contribution is -0.134. The zero-order valence-corrected chi connectivity index (χ0v) is 17.0. The molecule has 1 aromatic carbocycles. The molecule has 0 spiro atoms. The Bertz CT molecular complexity index is 835. The molecule has 1 aromatic heterocycles. The van der Waals surface area contributed by atoms with Crippen LogP contribution in [0.4, 0.5) is 5.88 Å². The van der Waals surface area contributed by atoms with Crippen molar-refractivity contribution in [3.05, 3.63) is 35.4 Å². The number of hydrogen-bond acceptors (Lipinski definition) is 5. The summed E-state index contributed by atoms with van der Waals surface area (Å²) in [4.78, 5) is 17.1. The summed E-state index contributed by atoms with van der Waals surface area (Å²) in [5.74, 6) is 1.21. The second-order valence-electron chi connectivity index (χ2n) is 8.12. The van der Waals surface area contributed by atoms with Crippen molar-refractivity contribution in [2.24, 2.45) is 5.92 Å². The lowest BCUT2D eigenvalue weighted by Crippen LogP contribution is -2.39. The van der Waals surface area contributed by atoms with E-state index in [1.807, 2.05) is 11.0 Å². The Morgan fingerprint density at radius 2 is 2.04 bits per heavy atom. The van der Waals surface area contributed by atoms with Gasteiger partial charge in [-0.1, -0.05) is 28.9 Å². The number of hydrogen-bond donors (Lipinski definition) is 0. The average Bonchev–Trinajstić information content (AvgIpc) is 3.46. The SMILES string of the molecule is Cc1cccc(-c2noc(N3CCOCC3)c2CN(C(=O)C2CC2)C(C)C)c1. The minimum Gasteiger partial charge on any atom is -0.378 e. The molecule has 2 aliphatic rings. The number of amides is 1. The Hall–Kier alpha value is -2.34. The third-order valence-corrected chi connectivity index (χ3v) is 5.52. The van der Waals surface area contributed by atoms with Gasteiger partial charge in [0.15, 0.2) is 0 Å². The minimum absolute atomic E-state index is 0.130. The molecule has 6 nitrogen and oxygen atoms in total. The van der Waals surface area contributed by atoms with Crippen molar-refractivity contribution in [1.29, 1.82) is 0 Å². The summed E-state index contributed by atoms with van der Waals surface area (Å²) in [6.45, 7) is 9.64. The van der Waals surface area contributed by atoms with E-state index in [1.54, 1.807) is 0 Å². The number of anilines is 1. The largest absolute Gasteiger partial charge is 0.378 e. The van der Waals surface area contributed by atoms with Crippen molar-refractivity contribution < 1.29 is 14.1 Å². The van der Waals surface area contributed by atoms with Crippen molar-refractivity contribution >= 4 is 11.8 Å². The number of ether oxygens (including phenoxy) is 1. The highest BCUT2D eigenvalue weighted by atomic mass is 16.5. The van der Waals surface area contributed by atoms with Gasteiger partial charge in [-0.15, -0.1) is 0 Å². The maximum absolute atomic E-state index is 12.9. The van der Waals surface area contributed by atoms with E-state index in [2.05, 4.69) is 49.0 Å². The number of carbonyl (C=O) groups excluding carboxylic acids is 1. The van der Waals surface area contributed by atoms with Crippen LogP contribution in [0.3, 0.4) is 0 Å². The van der Waals surface area contributed by atoms with Gasteiger partial charge in [-0.25, -0.2) is 0 Å². The van der Waals surface area contributed by atoms with Crippen LogP contribution in [0.1, 0.15) is 37.8 Å². The zero-order valence-electron chi connectivity index (χ0n) is 17.0. The van der Waals surface area contributed by atoms with Crippen LogP contribution in [0.2, 0.25) is 0 Å². The van der Waals surface area contributed by atoms with Crippen LogP contribution in [0, 0.1) is 12.8 Å². The van der Waals surface area contributed by atoms with Crippen LogP contribution in [0.5, 0.6) is 0 Å². The lowest BCUT2D eigenvalue weighted by Gasteiger charge is -2.30. The van der Waals surface area contributed by atoms with Gasteiger partial charge < -0.3 is 19.1 Å². The Morgan fingerprint density at radius 3 is 2.68 bits per heavy atom. The number of aryl methyl sites for hydroxylation is 1. The smallest absolute Gasteiger partial charge is 0.233 e. The maximum atomic E-state index is 12.9. The summed E-state index contributed by atoms with van der Waals surface area (Å²) in [6, 6.07) is 8.41. The van der Waals surface area contributed by atoms with E-state index in [9.17, 15) is 4.79 Å². The summed E-state index contributed by atoms with van der Waals surface area (Å²) in [5.41, 5.74) is 4.03. The van der Waals surface area contributed by atoms with E-state index in [-0.39, 0.29) is 17.9 Å². The molecule has 4 rings (SSSR count). The van der Waals surface area contributed by atoms with Crippen LogP contribution in [0.25, 0.3) is 11.3 Å². The monoisotopic (exact) mass is 383 g/mol. The molecule has 0 bridgehead atoms. The van der Waals surface area contributed by atoms with Crippen LogP contribution in [-0.2, 0) is 16.1 Å². The number of rotatable bonds is 6. The van der Waals surface area contributed by atoms with Crippen LogP contribution >= 0.6 is 0 Å². The summed E-state index contributed by atoms with van der Waals surface area (Å²) in [5, 5.41) is 4.44. The third kappa shape index (κ3) is 3.92. The maximum Gasteiger partial charge on any atom is 0.233 e. The second kappa shape index (κ2) is 7.95. The normalized spacial score (nSPS) is 17.2. The van der Waals surface area contributed by atoms with Crippen LogP contribution in [-0.4, -0.2) is 48.3 Å². The van der Waals surface area contributed by atoms with E-state index in [4.69, 9.17) is 9.26 Å². The molecule has 1 aliphatic heterocycles. The Morgan fingerprint density at radius 1 is 1.29 bits per heavy atom. The molecule has 1 amide bonds. The quantitative estimate of drug-likeness (QED) is 0.762. The molecular weight excluding hydrogens is 354 g/mol. The molecular formula is C22H29N3O3. The molecule has 150 valence electrons. The van der Waals surface area contributed by atoms with Gasteiger partial charge in [-0.05, 0) is 39.7 Å². The number of nitrogens with zero attached hydrogens (tertiary/aromatic N) is 3. The van der Waals surface area contributed by atoms with Crippen molar-refractivity contribution in [2.75, 3.05) is 31.2 Å². The number of morpholine rings is 1. The standard InChI is InChI=1S/C22H29N3O3/c1-15(2)25(21(26)17-7-8-17)14-19-20(18-6-4-5-16(3)13-18)23-28-22(19)24-9-11-27-12-10-24/h4-6,13,15,17H,7-12,14H2,1-3H3. The van der Waals surface area contributed by atoms with Crippen molar-refractivity contribution in [1.82, 2.24) is 10.1 Å². The van der Waals surface area contributed by atoms with E-state index < -0.39 is 0 Å². The van der Waals surface area contributed by atoms with Gasteiger partial charge in [-0.3, -0.25) is 4.79 Å². The van der Waals surface area contributed by atoms with Gasteiger partial charge in [0.2, 0.25) is 11.8 Å². The Kier molecular flexibility index (Phi) is 5.40. The van der Waals surface area contributed by atoms with Gasteiger partial charge in [-0.2, -0.15) is 0 Å². The van der Waals surface area contributed by atoms with E-state index in [1.165, 1.54) is 5.56 Å². The molecule has 2 aromatic rings. The highest BCUT2D eigenvalue weighted by Gasteiger charge is 2.36.